The molecule has 4 nitrogen and oxygen atoms in total. The summed E-state index contributed by atoms with van der Waals surface area (Å²) in [5, 5.41) is 9.58. The van der Waals surface area contributed by atoms with E-state index in [1.54, 1.807) is 0 Å². The van der Waals surface area contributed by atoms with Crippen LogP contribution in [0.5, 0.6) is 0 Å². The summed E-state index contributed by atoms with van der Waals surface area (Å²) in [6.07, 6.45) is 2.88. The molecular formula is C47H28N4. The van der Waals surface area contributed by atoms with Crippen LogP contribution in [0.1, 0.15) is 11.1 Å². The molecule has 8 aromatic carbocycles. The fraction of sp³-hybridized carbons (Fsp3) is 0.0213. The van der Waals surface area contributed by atoms with Crippen LogP contribution in [-0.2, 0) is 6.42 Å². The summed E-state index contributed by atoms with van der Waals surface area (Å²) in [5.41, 5.74) is 13.2. The van der Waals surface area contributed by atoms with Gasteiger partial charge < -0.3 is 4.57 Å². The molecule has 0 aliphatic heterocycles. The summed E-state index contributed by atoms with van der Waals surface area (Å²) in [5.74, 6) is 0.816. The fourth-order valence-electron chi connectivity index (χ4n) is 9.10. The average Bonchev–Trinajstić information content (AvgIpc) is 3.85. The van der Waals surface area contributed by atoms with Crippen LogP contribution in [0.25, 0.3) is 98.8 Å². The zero-order chi connectivity index (χ0) is 33.2. The van der Waals surface area contributed by atoms with E-state index in [0.717, 1.165) is 45.1 Å². The van der Waals surface area contributed by atoms with E-state index in [9.17, 15) is 0 Å². The standard InChI is InChI=1S/C47H28N4/c1-2-13-29-28(12-1)26-37-30(29)20-11-23-40(37)50-38-21-9-7-18-35(38)44-41(50)24-25-42-45(44)36-19-8-10-22-39(36)51(42)43-27-48-46-33-16-5-3-14-31(33)32-15-4-6-17-34(32)47(46)49-43/h1-25,27H,26H2. The van der Waals surface area contributed by atoms with E-state index < -0.39 is 0 Å². The molecule has 3 aromatic heterocycles. The maximum Gasteiger partial charge on any atom is 0.156 e. The molecule has 0 radical (unpaired) electrons. The maximum atomic E-state index is 5.45. The molecule has 0 atom stereocenters. The van der Waals surface area contributed by atoms with E-state index in [2.05, 4.69) is 161 Å². The van der Waals surface area contributed by atoms with Gasteiger partial charge in [-0.15, -0.1) is 0 Å². The first-order chi connectivity index (χ1) is 25.3. The number of benzene rings is 8. The highest BCUT2D eigenvalue weighted by molar-refractivity contribution is 6.29. The highest BCUT2D eigenvalue weighted by atomic mass is 15.1. The molecule has 4 heteroatoms. The lowest BCUT2D eigenvalue weighted by Gasteiger charge is -2.13. The number of hydrogen-bond donors (Lipinski definition) is 0. The van der Waals surface area contributed by atoms with Crippen LogP contribution < -0.4 is 0 Å². The maximum absolute atomic E-state index is 5.45. The topological polar surface area (TPSA) is 35.6 Å². The normalized spacial score (nSPS) is 12.6. The Balaban J connectivity index is 1.18. The van der Waals surface area contributed by atoms with E-state index in [1.807, 2.05) is 6.20 Å². The predicted molar refractivity (Wildman–Crippen MR) is 211 cm³/mol. The summed E-state index contributed by atoms with van der Waals surface area (Å²) in [6, 6.07) is 54.9. The van der Waals surface area contributed by atoms with Crippen molar-refractivity contribution in [3.63, 3.8) is 0 Å². The molecule has 3 heterocycles. The highest BCUT2D eigenvalue weighted by Crippen LogP contribution is 2.45. The van der Waals surface area contributed by atoms with E-state index >= 15 is 0 Å². The summed E-state index contributed by atoms with van der Waals surface area (Å²) < 4.78 is 4.80. The molecule has 12 rings (SSSR count). The molecule has 0 fully saturated rings. The second kappa shape index (κ2) is 9.90. The Hall–Kier alpha value is -6.78. The van der Waals surface area contributed by atoms with Gasteiger partial charge in [-0.05, 0) is 63.4 Å². The minimum Gasteiger partial charge on any atom is -0.309 e. The molecule has 0 amide bonds. The lowest BCUT2D eigenvalue weighted by Crippen LogP contribution is -2.00. The number of para-hydroxylation sites is 2. The van der Waals surface area contributed by atoms with Gasteiger partial charge in [0, 0.05) is 38.7 Å². The van der Waals surface area contributed by atoms with Gasteiger partial charge in [-0.25, -0.2) is 4.98 Å². The fourth-order valence-corrected chi connectivity index (χ4v) is 9.10. The SMILES string of the molecule is c1ccc2c(c1)Cc1c-2cccc1-n1c2ccccc2c2c3c4ccccc4n(-c4cnc5c6ccccc6c6ccccc6c5n4)c3ccc21. The quantitative estimate of drug-likeness (QED) is 0.175. The minimum atomic E-state index is 0.816. The predicted octanol–water partition coefficient (Wildman–Crippen LogP) is 11.7. The van der Waals surface area contributed by atoms with E-state index in [-0.39, 0.29) is 0 Å². The third kappa shape index (κ3) is 3.53. The summed E-state index contributed by atoms with van der Waals surface area (Å²) >= 11 is 0. The van der Waals surface area contributed by atoms with Crippen molar-refractivity contribution < 1.29 is 0 Å². The Morgan fingerprint density at radius 2 is 0.961 bits per heavy atom. The molecule has 0 saturated carbocycles. The van der Waals surface area contributed by atoms with Crippen LogP contribution in [0, 0.1) is 0 Å². The number of fused-ring (bicyclic) bond motifs is 16. The van der Waals surface area contributed by atoms with Gasteiger partial charge in [-0.2, -0.15) is 0 Å². The summed E-state index contributed by atoms with van der Waals surface area (Å²) in [4.78, 5) is 10.6. The van der Waals surface area contributed by atoms with Gasteiger partial charge in [0.25, 0.3) is 0 Å². The molecule has 0 bridgehead atoms. The van der Waals surface area contributed by atoms with Crippen LogP contribution in [-0.4, -0.2) is 19.1 Å². The molecular weight excluding hydrogens is 621 g/mol. The van der Waals surface area contributed by atoms with E-state index in [1.165, 1.54) is 71.3 Å². The van der Waals surface area contributed by atoms with Crippen molar-refractivity contribution >= 4 is 76.2 Å². The van der Waals surface area contributed by atoms with Gasteiger partial charge in [-0.3, -0.25) is 9.55 Å². The third-order valence-electron chi connectivity index (χ3n) is 11.2. The Kier molecular flexibility index (Phi) is 5.26. The zero-order valence-electron chi connectivity index (χ0n) is 27.5. The van der Waals surface area contributed by atoms with Crippen molar-refractivity contribution in [2.75, 3.05) is 0 Å². The van der Waals surface area contributed by atoms with Crippen LogP contribution in [0.4, 0.5) is 0 Å². The largest absolute Gasteiger partial charge is 0.309 e. The molecule has 51 heavy (non-hydrogen) atoms. The van der Waals surface area contributed by atoms with Gasteiger partial charge in [0.2, 0.25) is 0 Å². The summed E-state index contributed by atoms with van der Waals surface area (Å²) in [6.45, 7) is 0. The molecule has 11 aromatic rings. The van der Waals surface area contributed by atoms with Gasteiger partial charge in [0.15, 0.2) is 5.82 Å². The van der Waals surface area contributed by atoms with Crippen LogP contribution in [0.15, 0.2) is 158 Å². The first kappa shape index (κ1) is 27.1. The second-order valence-electron chi connectivity index (χ2n) is 13.7. The third-order valence-corrected chi connectivity index (χ3v) is 11.2. The molecule has 236 valence electrons. The lowest BCUT2D eigenvalue weighted by atomic mass is 10.00. The molecule has 0 spiro atoms. The highest BCUT2D eigenvalue weighted by Gasteiger charge is 2.25. The van der Waals surface area contributed by atoms with Crippen molar-refractivity contribution in [2.24, 2.45) is 0 Å². The van der Waals surface area contributed by atoms with E-state index in [4.69, 9.17) is 9.97 Å². The number of hydrogen-bond acceptors (Lipinski definition) is 2. The van der Waals surface area contributed by atoms with Crippen molar-refractivity contribution in [1.29, 1.82) is 0 Å². The molecule has 0 saturated heterocycles. The molecule has 0 unspecified atom stereocenters. The van der Waals surface area contributed by atoms with E-state index in [0.29, 0.717) is 0 Å². The van der Waals surface area contributed by atoms with Crippen molar-refractivity contribution in [3.8, 4) is 22.6 Å². The van der Waals surface area contributed by atoms with Crippen LogP contribution >= 0.6 is 0 Å². The Morgan fingerprint density at radius 1 is 0.412 bits per heavy atom. The van der Waals surface area contributed by atoms with Crippen molar-refractivity contribution in [1.82, 2.24) is 19.1 Å². The van der Waals surface area contributed by atoms with Crippen LogP contribution in [0.3, 0.4) is 0 Å². The Bertz CT molecular complexity index is 3250. The Morgan fingerprint density at radius 3 is 1.69 bits per heavy atom. The second-order valence-corrected chi connectivity index (χ2v) is 13.7. The minimum absolute atomic E-state index is 0.816. The smallest absolute Gasteiger partial charge is 0.156 e. The van der Waals surface area contributed by atoms with Crippen molar-refractivity contribution in [3.05, 3.63) is 169 Å². The van der Waals surface area contributed by atoms with Gasteiger partial charge in [-0.1, -0.05) is 121 Å². The Labute approximate surface area is 292 Å². The zero-order valence-corrected chi connectivity index (χ0v) is 27.5. The average molecular weight is 649 g/mol. The van der Waals surface area contributed by atoms with Crippen molar-refractivity contribution in [2.45, 2.75) is 6.42 Å². The summed E-state index contributed by atoms with van der Waals surface area (Å²) in [7, 11) is 0. The molecule has 0 N–H and O–H groups in total. The van der Waals surface area contributed by atoms with Crippen LogP contribution in [0.2, 0.25) is 0 Å². The van der Waals surface area contributed by atoms with Gasteiger partial charge in [0.1, 0.15) is 0 Å². The van der Waals surface area contributed by atoms with Gasteiger partial charge >= 0.3 is 0 Å². The number of rotatable bonds is 2. The number of aromatic nitrogens is 4. The first-order valence-corrected chi connectivity index (χ1v) is 17.6. The number of nitrogens with zero attached hydrogens (tertiary/aromatic N) is 4. The molecule has 1 aliphatic carbocycles. The monoisotopic (exact) mass is 648 g/mol. The lowest BCUT2D eigenvalue weighted by molar-refractivity contribution is 1.08. The first-order valence-electron chi connectivity index (χ1n) is 17.6. The van der Waals surface area contributed by atoms with Gasteiger partial charge in [0.05, 0.1) is 45.0 Å². The molecule has 1 aliphatic rings.